The zero-order valence-corrected chi connectivity index (χ0v) is 12.1. The summed E-state index contributed by atoms with van der Waals surface area (Å²) in [6.07, 6.45) is 5.29. The summed E-state index contributed by atoms with van der Waals surface area (Å²) in [5, 5.41) is 8.88. The molecule has 0 saturated carbocycles. The summed E-state index contributed by atoms with van der Waals surface area (Å²) >= 11 is 0. The van der Waals surface area contributed by atoms with Crippen molar-refractivity contribution in [3.05, 3.63) is 0 Å². The van der Waals surface area contributed by atoms with Gasteiger partial charge in [-0.15, -0.1) is 0 Å². The minimum absolute atomic E-state index is 0.233. The van der Waals surface area contributed by atoms with Crippen LogP contribution >= 0.6 is 0 Å². The maximum absolute atomic E-state index is 8.88. The molecule has 0 saturated heterocycles. The van der Waals surface area contributed by atoms with Gasteiger partial charge in [0.1, 0.15) is 0 Å². The molecule has 0 atom stereocenters. The Bertz CT molecular complexity index is 143. The van der Waals surface area contributed by atoms with Crippen molar-refractivity contribution in [1.29, 1.82) is 0 Å². The first-order valence-corrected chi connectivity index (χ1v) is 9.09. The van der Waals surface area contributed by atoms with Crippen LogP contribution in [0.15, 0.2) is 0 Å². The maximum Gasteiger partial charge on any atom is 0.335 e. The van der Waals surface area contributed by atoms with E-state index >= 15 is 0 Å². The molecule has 0 spiro atoms. The van der Waals surface area contributed by atoms with Crippen LogP contribution in [0.2, 0.25) is 12.6 Å². The molecule has 0 aliphatic heterocycles. The highest BCUT2D eigenvalue weighted by Crippen LogP contribution is 2.17. The van der Waals surface area contributed by atoms with Gasteiger partial charge in [0.15, 0.2) is 0 Å². The minimum Gasteiger partial charge on any atom is -0.396 e. The first-order chi connectivity index (χ1) is 7.68. The molecule has 1 N–H and O–H groups in total. The summed E-state index contributed by atoms with van der Waals surface area (Å²) in [5.74, 6) is 0. The SMILES string of the molecule is CCCCO[Si](C)(CCCO)OCCCC. The van der Waals surface area contributed by atoms with Crippen molar-refractivity contribution >= 4 is 8.56 Å². The van der Waals surface area contributed by atoms with Crippen LogP contribution in [0.25, 0.3) is 0 Å². The molecule has 0 aromatic rings. The van der Waals surface area contributed by atoms with Crippen LogP contribution in [0.3, 0.4) is 0 Å². The molecule has 3 nitrogen and oxygen atoms in total. The maximum atomic E-state index is 8.88. The van der Waals surface area contributed by atoms with Gasteiger partial charge in [-0.2, -0.15) is 0 Å². The lowest BCUT2D eigenvalue weighted by atomic mass is 10.4. The van der Waals surface area contributed by atoms with Crippen molar-refractivity contribution in [2.75, 3.05) is 19.8 Å². The van der Waals surface area contributed by atoms with Crippen LogP contribution in [0.5, 0.6) is 0 Å². The fourth-order valence-corrected chi connectivity index (χ4v) is 3.78. The third-order valence-electron chi connectivity index (χ3n) is 2.60. The van der Waals surface area contributed by atoms with E-state index in [0.29, 0.717) is 0 Å². The van der Waals surface area contributed by atoms with E-state index in [-0.39, 0.29) is 6.61 Å². The zero-order chi connectivity index (χ0) is 12.3. The van der Waals surface area contributed by atoms with Crippen LogP contribution in [0, 0.1) is 0 Å². The standard InChI is InChI=1S/C12H28O3Si/c1-4-6-10-14-16(3,12-8-9-13)15-11-7-5-2/h13H,4-12H2,1-3H3. The predicted octanol–water partition coefficient (Wildman–Crippen LogP) is 3.07. The lowest BCUT2D eigenvalue weighted by Gasteiger charge is -2.27. The first-order valence-electron chi connectivity index (χ1n) is 6.57. The molecule has 98 valence electrons. The first kappa shape index (κ1) is 16.1. The van der Waals surface area contributed by atoms with Crippen LogP contribution < -0.4 is 0 Å². The Morgan fingerprint density at radius 1 is 0.938 bits per heavy atom. The molecule has 0 heterocycles. The van der Waals surface area contributed by atoms with E-state index in [1.807, 2.05) is 0 Å². The number of unbranched alkanes of at least 4 members (excludes halogenated alkanes) is 2. The van der Waals surface area contributed by atoms with Crippen LogP contribution in [0.4, 0.5) is 0 Å². The summed E-state index contributed by atoms with van der Waals surface area (Å²) < 4.78 is 11.8. The Labute approximate surface area is 101 Å². The highest BCUT2D eigenvalue weighted by Gasteiger charge is 2.30. The van der Waals surface area contributed by atoms with Crippen LogP contribution in [0.1, 0.15) is 46.0 Å². The largest absolute Gasteiger partial charge is 0.396 e. The van der Waals surface area contributed by atoms with E-state index in [4.69, 9.17) is 14.0 Å². The van der Waals surface area contributed by atoms with Gasteiger partial charge in [-0.05, 0) is 31.9 Å². The fourth-order valence-electron chi connectivity index (χ4n) is 1.45. The van der Waals surface area contributed by atoms with E-state index in [0.717, 1.165) is 51.4 Å². The van der Waals surface area contributed by atoms with Crippen molar-refractivity contribution in [1.82, 2.24) is 0 Å². The van der Waals surface area contributed by atoms with Crippen molar-refractivity contribution in [3.8, 4) is 0 Å². The zero-order valence-electron chi connectivity index (χ0n) is 11.1. The average molecular weight is 248 g/mol. The van der Waals surface area contributed by atoms with E-state index in [2.05, 4.69) is 20.4 Å². The van der Waals surface area contributed by atoms with Gasteiger partial charge in [0.05, 0.1) is 0 Å². The molecule has 0 unspecified atom stereocenters. The Morgan fingerprint density at radius 2 is 1.44 bits per heavy atom. The highest BCUT2D eigenvalue weighted by atomic mass is 28.4. The Balaban J connectivity index is 3.91. The van der Waals surface area contributed by atoms with E-state index in [1.165, 1.54) is 0 Å². The molecule has 0 rings (SSSR count). The highest BCUT2D eigenvalue weighted by molar-refractivity contribution is 6.66. The molecule has 4 heteroatoms. The Morgan fingerprint density at radius 3 is 1.81 bits per heavy atom. The number of aliphatic hydroxyl groups is 1. The Kier molecular flexibility index (Phi) is 10.3. The monoisotopic (exact) mass is 248 g/mol. The third kappa shape index (κ3) is 8.27. The summed E-state index contributed by atoms with van der Waals surface area (Å²) in [5.41, 5.74) is 0. The van der Waals surface area contributed by atoms with Crippen molar-refractivity contribution < 1.29 is 14.0 Å². The summed E-state index contributed by atoms with van der Waals surface area (Å²) in [7, 11) is -2.00. The molecule has 0 aliphatic carbocycles. The quantitative estimate of drug-likeness (QED) is 0.451. The second kappa shape index (κ2) is 10.3. The molecular weight excluding hydrogens is 220 g/mol. The minimum atomic E-state index is -2.00. The van der Waals surface area contributed by atoms with E-state index in [1.54, 1.807) is 0 Å². The lowest BCUT2D eigenvalue weighted by molar-refractivity contribution is 0.165. The second-order valence-electron chi connectivity index (χ2n) is 4.37. The van der Waals surface area contributed by atoms with E-state index < -0.39 is 8.56 Å². The van der Waals surface area contributed by atoms with Crippen molar-refractivity contribution in [2.24, 2.45) is 0 Å². The van der Waals surface area contributed by atoms with Gasteiger partial charge in [0.25, 0.3) is 0 Å². The number of aliphatic hydroxyl groups excluding tert-OH is 1. The van der Waals surface area contributed by atoms with Gasteiger partial charge < -0.3 is 14.0 Å². The number of hydrogen-bond acceptors (Lipinski definition) is 3. The van der Waals surface area contributed by atoms with Gasteiger partial charge in [0, 0.05) is 19.8 Å². The molecule has 0 radical (unpaired) electrons. The topological polar surface area (TPSA) is 38.7 Å². The normalized spacial score (nSPS) is 12.0. The summed E-state index contributed by atoms with van der Waals surface area (Å²) in [6, 6.07) is 0.900. The molecule has 16 heavy (non-hydrogen) atoms. The van der Waals surface area contributed by atoms with Crippen molar-refractivity contribution in [2.45, 2.75) is 58.5 Å². The molecule has 0 amide bonds. The molecule has 0 aromatic heterocycles. The Hall–Kier alpha value is 0.0969. The van der Waals surface area contributed by atoms with Crippen LogP contribution in [-0.2, 0) is 8.85 Å². The van der Waals surface area contributed by atoms with Gasteiger partial charge in [-0.1, -0.05) is 26.7 Å². The molecule has 0 aromatic carbocycles. The van der Waals surface area contributed by atoms with Crippen molar-refractivity contribution in [3.63, 3.8) is 0 Å². The molecular formula is C12H28O3Si. The smallest absolute Gasteiger partial charge is 0.335 e. The van der Waals surface area contributed by atoms with Gasteiger partial charge in [-0.3, -0.25) is 0 Å². The van der Waals surface area contributed by atoms with E-state index in [9.17, 15) is 0 Å². The van der Waals surface area contributed by atoms with Gasteiger partial charge in [-0.25, -0.2) is 0 Å². The lowest BCUT2D eigenvalue weighted by Crippen LogP contribution is -2.39. The molecule has 0 aliphatic rings. The van der Waals surface area contributed by atoms with Gasteiger partial charge >= 0.3 is 8.56 Å². The second-order valence-corrected chi connectivity index (χ2v) is 7.71. The number of rotatable bonds is 11. The predicted molar refractivity (Wildman–Crippen MR) is 69.8 cm³/mol. The summed E-state index contributed by atoms with van der Waals surface area (Å²) in [6.45, 7) is 8.28. The average Bonchev–Trinajstić information content (AvgIpc) is 2.27. The number of hydrogen-bond donors (Lipinski definition) is 1. The molecule has 0 bridgehead atoms. The summed E-state index contributed by atoms with van der Waals surface area (Å²) in [4.78, 5) is 0. The van der Waals surface area contributed by atoms with Crippen LogP contribution in [-0.4, -0.2) is 33.5 Å². The fraction of sp³-hybridized carbons (Fsp3) is 1.00. The third-order valence-corrected chi connectivity index (χ3v) is 5.49. The van der Waals surface area contributed by atoms with Gasteiger partial charge in [0.2, 0.25) is 0 Å². The molecule has 0 fully saturated rings.